The number of piperazine rings is 1. The van der Waals surface area contributed by atoms with Crippen molar-refractivity contribution in [1.29, 1.82) is 0 Å². The minimum absolute atomic E-state index is 1.03. The number of hydrogen-bond acceptors (Lipinski definition) is 3. The van der Waals surface area contributed by atoms with E-state index in [2.05, 4.69) is 68.0 Å². The molecule has 0 aliphatic carbocycles. The first-order valence-corrected chi connectivity index (χ1v) is 8.74. The molecule has 1 fully saturated rings. The lowest BCUT2D eigenvalue weighted by Crippen LogP contribution is -2.46. The highest BCUT2D eigenvalue weighted by Crippen LogP contribution is 2.20. The summed E-state index contributed by atoms with van der Waals surface area (Å²) in [6, 6.07) is 10.7. The van der Waals surface area contributed by atoms with Crippen molar-refractivity contribution in [3.8, 4) is 0 Å². The lowest BCUT2D eigenvalue weighted by Gasteiger charge is -2.34. The van der Waals surface area contributed by atoms with E-state index in [-0.39, 0.29) is 0 Å². The zero-order valence-corrected chi connectivity index (χ0v) is 14.1. The first-order chi connectivity index (χ1) is 10.3. The Morgan fingerprint density at radius 2 is 1.81 bits per heavy atom. The molecule has 0 spiro atoms. The van der Waals surface area contributed by atoms with Crippen molar-refractivity contribution in [2.24, 2.45) is 0 Å². The van der Waals surface area contributed by atoms with Gasteiger partial charge in [0.1, 0.15) is 0 Å². The fraction of sp³-hybridized carbons (Fsp3) is 0.471. The number of aromatic nitrogens is 1. The molecule has 1 aromatic heterocycles. The van der Waals surface area contributed by atoms with E-state index in [9.17, 15) is 0 Å². The molecule has 21 heavy (non-hydrogen) atoms. The summed E-state index contributed by atoms with van der Waals surface area (Å²) >= 11 is 3.53. The number of nitrogens with zero attached hydrogens (tertiary/aromatic N) is 3. The number of benzene rings is 1. The second kappa shape index (κ2) is 6.86. The Hall–Kier alpha value is -0.970. The Balaban J connectivity index is 1.74. The first-order valence-electron chi connectivity index (χ1n) is 7.62. The van der Waals surface area contributed by atoms with Crippen LogP contribution in [0.2, 0.25) is 0 Å². The first kappa shape index (κ1) is 14.9. The quantitative estimate of drug-likeness (QED) is 0.792. The molecule has 3 nitrogen and oxygen atoms in total. The van der Waals surface area contributed by atoms with Crippen molar-refractivity contribution in [2.45, 2.75) is 13.5 Å². The van der Waals surface area contributed by atoms with Crippen molar-refractivity contribution in [3.05, 3.63) is 41.6 Å². The highest BCUT2D eigenvalue weighted by atomic mass is 79.9. The molecule has 0 atom stereocenters. The van der Waals surface area contributed by atoms with Gasteiger partial charge in [0.05, 0.1) is 5.52 Å². The lowest BCUT2D eigenvalue weighted by molar-refractivity contribution is 0.133. The minimum Gasteiger partial charge on any atom is -0.300 e. The second-order valence-electron chi connectivity index (χ2n) is 5.75. The molecule has 1 saturated heterocycles. The van der Waals surface area contributed by atoms with Gasteiger partial charge in [-0.05, 0) is 24.6 Å². The van der Waals surface area contributed by atoms with E-state index in [1.54, 1.807) is 0 Å². The highest BCUT2D eigenvalue weighted by molar-refractivity contribution is 9.09. The van der Waals surface area contributed by atoms with Crippen molar-refractivity contribution in [2.75, 3.05) is 38.1 Å². The molecular weight excluding hydrogens is 326 g/mol. The third kappa shape index (κ3) is 3.62. The summed E-state index contributed by atoms with van der Waals surface area (Å²) in [4.78, 5) is 9.72. The number of rotatable bonds is 4. The minimum atomic E-state index is 1.03. The fourth-order valence-corrected chi connectivity index (χ4v) is 3.56. The summed E-state index contributed by atoms with van der Waals surface area (Å²) in [6.45, 7) is 8.94. The van der Waals surface area contributed by atoms with Crippen LogP contribution in [0.25, 0.3) is 10.9 Å². The smallest absolute Gasteiger partial charge is 0.0708 e. The van der Waals surface area contributed by atoms with Crippen molar-refractivity contribution < 1.29 is 0 Å². The van der Waals surface area contributed by atoms with Crippen LogP contribution >= 0.6 is 15.9 Å². The number of halogens is 1. The molecular formula is C17H22BrN3. The number of alkyl halides is 1. The maximum atomic E-state index is 4.63. The molecule has 2 heterocycles. The lowest BCUT2D eigenvalue weighted by atomic mass is 10.1. The van der Waals surface area contributed by atoms with Gasteiger partial charge in [-0.1, -0.05) is 34.1 Å². The van der Waals surface area contributed by atoms with Gasteiger partial charge in [-0.3, -0.25) is 14.8 Å². The van der Waals surface area contributed by atoms with E-state index in [1.165, 1.54) is 24.0 Å². The van der Waals surface area contributed by atoms with Crippen molar-refractivity contribution in [3.63, 3.8) is 0 Å². The summed E-state index contributed by atoms with van der Waals surface area (Å²) in [6.07, 6.45) is 0. The normalized spacial score (nSPS) is 17.4. The van der Waals surface area contributed by atoms with Crippen molar-refractivity contribution >= 4 is 26.8 Å². The van der Waals surface area contributed by atoms with Gasteiger partial charge >= 0.3 is 0 Å². The van der Waals surface area contributed by atoms with Crippen LogP contribution in [-0.4, -0.2) is 52.8 Å². The van der Waals surface area contributed by atoms with Gasteiger partial charge in [-0.15, -0.1) is 0 Å². The average Bonchev–Trinajstić information content (AvgIpc) is 2.49. The van der Waals surface area contributed by atoms with Crippen LogP contribution in [-0.2, 0) is 6.54 Å². The van der Waals surface area contributed by atoms with Crippen molar-refractivity contribution in [1.82, 2.24) is 14.8 Å². The summed E-state index contributed by atoms with van der Waals surface area (Å²) in [5.41, 5.74) is 3.64. The summed E-state index contributed by atoms with van der Waals surface area (Å²) < 4.78 is 0. The molecule has 2 aromatic rings. The molecule has 112 valence electrons. The predicted octanol–water partition coefficient (Wildman–Crippen LogP) is 3.06. The number of aryl methyl sites for hydroxylation is 1. The number of hydrogen-bond donors (Lipinski definition) is 0. The van der Waals surface area contributed by atoms with Gasteiger partial charge in [-0.25, -0.2) is 0 Å². The zero-order valence-electron chi connectivity index (χ0n) is 12.6. The van der Waals surface area contributed by atoms with Gasteiger partial charge in [0, 0.05) is 55.7 Å². The number of pyridine rings is 1. The Morgan fingerprint density at radius 1 is 1.10 bits per heavy atom. The summed E-state index contributed by atoms with van der Waals surface area (Å²) in [5.74, 6) is 0. The molecule has 0 N–H and O–H groups in total. The van der Waals surface area contributed by atoms with Crippen LogP contribution in [0.5, 0.6) is 0 Å². The van der Waals surface area contributed by atoms with Crippen LogP contribution < -0.4 is 0 Å². The van der Waals surface area contributed by atoms with Gasteiger partial charge in [0.2, 0.25) is 0 Å². The van der Waals surface area contributed by atoms with Crippen LogP contribution in [0.3, 0.4) is 0 Å². The molecule has 0 bridgehead atoms. The van der Waals surface area contributed by atoms with E-state index < -0.39 is 0 Å². The maximum Gasteiger partial charge on any atom is 0.0708 e. The van der Waals surface area contributed by atoms with E-state index in [4.69, 9.17) is 0 Å². The third-order valence-electron chi connectivity index (χ3n) is 4.19. The van der Waals surface area contributed by atoms with E-state index >= 15 is 0 Å². The topological polar surface area (TPSA) is 19.4 Å². The zero-order chi connectivity index (χ0) is 14.7. The average molecular weight is 348 g/mol. The van der Waals surface area contributed by atoms with Crippen LogP contribution in [0, 0.1) is 6.92 Å². The van der Waals surface area contributed by atoms with Crippen LogP contribution in [0.15, 0.2) is 30.3 Å². The second-order valence-corrected chi connectivity index (χ2v) is 6.54. The Bertz CT molecular complexity index is 606. The van der Waals surface area contributed by atoms with Gasteiger partial charge in [0.25, 0.3) is 0 Å². The molecule has 1 aromatic carbocycles. The predicted molar refractivity (Wildman–Crippen MR) is 92.0 cm³/mol. The SMILES string of the molecule is Cc1cc(CN2CCN(CCBr)CC2)c2ccccc2n1. The third-order valence-corrected chi connectivity index (χ3v) is 4.54. The maximum absolute atomic E-state index is 4.63. The summed E-state index contributed by atoms with van der Waals surface area (Å²) in [5, 5.41) is 2.37. The monoisotopic (exact) mass is 347 g/mol. The molecule has 1 aliphatic rings. The van der Waals surface area contributed by atoms with Crippen LogP contribution in [0.1, 0.15) is 11.3 Å². The fourth-order valence-electron chi connectivity index (χ4n) is 3.06. The Morgan fingerprint density at radius 3 is 2.57 bits per heavy atom. The highest BCUT2D eigenvalue weighted by Gasteiger charge is 2.17. The van der Waals surface area contributed by atoms with Gasteiger partial charge in [-0.2, -0.15) is 0 Å². The molecule has 3 rings (SSSR count). The molecule has 0 saturated carbocycles. The Kier molecular flexibility index (Phi) is 4.88. The van der Waals surface area contributed by atoms with Gasteiger partial charge < -0.3 is 0 Å². The van der Waals surface area contributed by atoms with E-state index in [0.717, 1.165) is 42.7 Å². The molecule has 4 heteroatoms. The largest absolute Gasteiger partial charge is 0.300 e. The molecule has 0 amide bonds. The molecule has 1 aliphatic heterocycles. The Labute approximate surface area is 135 Å². The number of para-hydroxylation sites is 1. The van der Waals surface area contributed by atoms with E-state index in [1.807, 2.05) is 0 Å². The standard InChI is InChI=1S/C17H22BrN3/c1-14-12-15(16-4-2-3-5-17(16)19-14)13-21-10-8-20(7-6-18)9-11-21/h2-5,12H,6-11,13H2,1H3. The summed E-state index contributed by atoms with van der Waals surface area (Å²) in [7, 11) is 0. The van der Waals surface area contributed by atoms with Crippen LogP contribution in [0.4, 0.5) is 0 Å². The molecule has 0 radical (unpaired) electrons. The number of fused-ring (bicyclic) bond motifs is 1. The molecule has 0 unspecified atom stereocenters. The van der Waals surface area contributed by atoms with Gasteiger partial charge in [0.15, 0.2) is 0 Å². The van der Waals surface area contributed by atoms with E-state index in [0.29, 0.717) is 0 Å².